The molecule has 1 heterocycles. The predicted octanol–water partition coefficient (Wildman–Crippen LogP) is 3.05. The number of aromatic nitrogens is 1. The SMILES string of the molecule is C=Cn1ccc2cc(C)ccc21. The van der Waals surface area contributed by atoms with Crippen LogP contribution < -0.4 is 0 Å². The molecule has 1 aromatic carbocycles. The number of hydrogen-bond acceptors (Lipinski definition) is 0. The van der Waals surface area contributed by atoms with Crippen molar-refractivity contribution in [2.24, 2.45) is 0 Å². The van der Waals surface area contributed by atoms with E-state index in [1.165, 1.54) is 16.5 Å². The van der Waals surface area contributed by atoms with Crippen molar-refractivity contribution in [2.75, 3.05) is 0 Å². The first-order valence-electron chi connectivity index (χ1n) is 4.01. The molecule has 60 valence electrons. The van der Waals surface area contributed by atoms with Gasteiger partial charge in [-0.15, -0.1) is 0 Å². The minimum absolute atomic E-state index is 1.22. The molecule has 0 fully saturated rings. The zero-order valence-corrected chi connectivity index (χ0v) is 7.12. The Kier molecular flexibility index (Phi) is 1.51. The largest absolute Gasteiger partial charge is 0.324 e. The van der Waals surface area contributed by atoms with Gasteiger partial charge in [-0.3, -0.25) is 0 Å². The molecule has 0 atom stereocenters. The van der Waals surface area contributed by atoms with E-state index in [2.05, 4.69) is 37.8 Å². The van der Waals surface area contributed by atoms with Gasteiger partial charge in [0.15, 0.2) is 0 Å². The van der Waals surface area contributed by atoms with Gasteiger partial charge in [-0.2, -0.15) is 0 Å². The van der Waals surface area contributed by atoms with Crippen molar-refractivity contribution in [1.82, 2.24) is 4.57 Å². The highest BCUT2D eigenvalue weighted by molar-refractivity contribution is 5.82. The van der Waals surface area contributed by atoms with Gasteiger partial charge in [0, 0.05) is 17.8 Å². The fourth-order valence-electron chi connectivity index (χ4n) is 1.44. The lowest BCUT2D eigenvalue weighted by molar-refractivity contribution is 1.23. The minimum atomic E-state index is 1.22. The van der Waals surface area contributed by atoms with Crippen LogP contribution in [0.15, 0.2) is 37.0 Å². The molecule has 0 unspecified atom stereocenters. The first-order valence-corrected chi connectivity index (χ1v) is 4.01. The van der Waals surface area contributed by atoms with Crippen LogP contribution in [0.1, 0.15) is 5.56 Å². The Hall–Kier alpha value is -1.50. The maximum absolute atomic E-state index is 3.74. The second-order valence-electron chi connectivity index (χ2n) is 2.97. The Morgan fingerprint density at radius 3 is 2.92 bits per heavy atom. The molecule has 0 saturated heterocycles. The summed E-state index contributed by atoms with van der Waals surface area (Å²) in [4.78, 5) is 0. The van der Waals surface area contributed by atoms with E-state index in [0.29, 0.717) is 0 Å². The third-order valence-electron chi connectivity index (χ3n) is 2.07. The van der Waals surface area contributed by atoms with E-state index < -0.39 is 0 Å². The van der Waals surface area contributed by atoms with E-state index >= 15 is 0 Å². The standard InChI is InChI=1S/C11H11N/c1-3-12-7-6-10-8-9(2)4-5-11(10)12/h3-8H,1H2,2H3. The molecule has 0 spiro atoms. The van der Waals surface area contributed by atoms with E-state index in [9.17, 15) is 0 Å². The molecule has 0 radical (unpaired) electrons. The number of rotatable bonds is 1. The summed E-state index contributed by atoms with van der Waals surface area (Å²) in [5, 5.41) is 1.27. The molecule has 0 bridgehead atoms. The molecule has 2 aromatic rings. The van der Waals surface area contributed by atoms with Crippen LogP contribution in [0, 0.1) is 6.92 Å². The van der Waals surface area contributed by atoms with Gasteiger partial charge in [0.05, 0.1) is 5.52 Å². The highest BCUT2D eigenvalue weighted by atomic mass is 14.9. The second kappa shape index (κ2) is 2.52. The van der Waals surface area contributed by atoms with Crippen molar-refractivity contribution in [1.29, 1.82) is 0 Å². The molecular weight excluding hydrogens is 146 g/mol. The molecule has 1 nitrogen and oxygen atoms in total. The highest BCUT2D eigenvalue weighted by Crippen LogP contribution is 2.16. The van der Waals surface area contributed by atoms with Crippen LogP contribution in [-0.2, 0) is 0 Å². The van der Waals surface area contributed by atoms with Gasteiger partial charge in [-0.1, -0.05) is 18.2 Å². The van der Waals surface area contributed by atoms with Crippen molar-refractivity contribution in [3.63, 3.8) is 0 Å². The molecule has 0 aliphatic carbocycles. The molecule has 0 N–H and O–H groups in total. The van der Waals surface area contributed by atoms with E-state index in [1.54, 1.807) is 0 Å². The highest BCUT2D eigenvalue weighted by Gasteiger charge is 1.96. The summed E-state index contributed by atoms with van der Waals surface area (Å²) in [7, 11) is 0. The van der Waals surface area contributed by atoms with Crippen molar-refractivity contribution >= 4 is 17.1 Å². The van der Waals surface area contributed by atoms with Crippen molar-refractivity contribution in [3.8, 4) is 0 Å². The molecule has 0 saturated carbocycles. The van der Waals surface area contributed by atoms with Gasteiger partial charge in [0.2, 0.25) is 0 Å². The summed E-state index contributed by atoms with van der Waals surface area (Å²) in [6.45, 7) is 5.84. The maximum atomic E-state index is 3.74. The number of aryl methyl sites for hydroxylation is 1. The van der Waals surface area contributed by atoms with Crippen LogP contribution >= 0.6 is 0 Å². The molecular formula is C11H11N. The summed E-state index contributed by atoms with van der Waals surface area (Å²) < 4.78 is 2.02. The Morgan fingerprint density at radius 1 is 1.33 bits per heavy atom. The monoisotopic (exact) mass is 157 g/mol. The second-order valence-corrected chi connectivity index (χ2v) is 2.97. The first-order chi connectivity index (χ1) is 5.81. The van der Waals surface area contributed by atoms with Gasteiger partial charge in [-0.05, 0) is 25.1 Å². The lowest BCUT2D eigenvalue weighted by Crippen LogP contribution is -1.80. The molecule has 0 aliphatic heterocycles. The van der Waals surface area contributed by atoms with E-state index in [1.807, 2.05) is 17.0 Å². The smallest absolute Gasteiger partial charge is 0.0522 e. The number of benzene rings is 1. The Balaban J connectivity index is 2.81. The van der Waals surface area contributed by atoms with Crippen molar-refractivity contribution in [3.05, 3.63) is 42.6 Å². The lowest BCUT2D eigenvalue weighted by Gasteiger charge is -1.96. The fraction of sp³-hybridized carbons (Fsp3) is 0.0909. The van der Waals surface area contributed by atoms with Crippen LogP contribution in [0.2, 0.25) is 0 Å². The third-order valence-corrected chi connectivity index (χ3v) is 2.07. The van der Waals surface area contributed by atoms with Crippen LogP contribution in [0.4, 0.5) is 0 Å². The molecule has 1 aromatic heterocycles. The van der Waals surface area contributed by atoms with Crippen molar-refractivity contribution in [2.45, 2.75) is 6.92 Å². The summed E-state index contributed by atoms with van der Waals surface area (Å²) in [6, 6.07) is 8.51. The summed E-state index contributed by atoms with van der Waals surface area (Å²) in [6.07, 6.45) is 3.84. The molecule has 0 aliphatic rings. The number of nitrogens with zero attached hydrogens (tertiary/aromatic N) is 1. The van der Waals surface area contributed by atoms with Crippen LogP contribution in [0.5, 0.6) is 0 Å². The fourth-order valence-corrected chi connectivity index (χ4v) is 1.44. The lowest BCUT2D eigenvalue weighted by atomic mass is 10.2. The molecule has 1 heteroatoms. The quantitative estimate of drug-likeness (QED) is 0.599. The van der Waals surface area contributed by atoms with E-state index in [0.717, 1.165) is 0 Å². The summed E-state index contributed by atoms with van der Waals surface area (Å²) in [5.41, 5.74) is 2.51. The molecule has 0 amide bonds. The normalized spacial score (nSPS) is 10.4. The van der Waals surface area contributed by atoms with Crippen LogP contribution in [0.25, 0.3) is 17.1 Å². The van der Waals surface area contributed by atoms with Gasteiger partial charge in [0.25, 0.3) is 0 Å². The third kappa shape index (κ3) is 0.944. The van der Waals surface area contributed by atoms with Crippen LogP contribution in [0.3, 0.4) is 0 Å². The molecule has 2 rings (SSSR count). The Bertz CT molecular complexity index is 423. The Morgan fingerprint density at radius 2 is 2.17 bits per heavy atom. The molecule has 12 heavy (non-hydrogen) atoms. The zero-order chi connectivity index (χ0) is 8.55. The Labute approximate surface area is 71.9 Å². The van der Waals surface area contributed by atoms with Gasteiger partial charge < -0.3 is 4.57 Å². The zero-order valence-electron chi connectivity index (χ0n) is 7.12. The topological polar surface area (TPSA) is 4.93 Å². The van der Waals surface area contributed by atoms with E-state index in [4.69, 9.17) is 0 Å². The van der Waals surface area contributed by atoms with Crippen molar-refractivity contribution < 1.29 is 0 Å². The minimum Gasteiger partial charge on any atom is -0.324 e. The maximum Gasteiger partial charge on any atom is 0.0522 e. The van der Waals surface area contributed by atoms with Crippen LogP contribution in [-0.4, -0.2) is 4.57 Å². The average Bonchev–Trinajstić information content (AvgIpc) is 2.46. The van der Waals surface area contributed by atoms with E-state index in [-0.39, 0.29) is 0 Å². The number of fused-ring (bicyclic) bond motifs is 1. The van der Waals surface area contributed by atoms with Gasteiger partial charge >= 0.3 is 0 Å². The van der Waals surface area contributed by atoms with Gasteiger partial charge in [-0.25, -0.2) is 0 Å². The average molecular weight is 157 g/mol. The summed E-state index contributed by atoms with van der Waals surface area (Å²) >= 11 is 0. The summed E-state index contributed by atoms with van der Waals surface area (Å²) in [5.74, 6) is 0. The first kappa shape index (κ1) is 7.17. The van der Waals surface area contributed by atoms with Gasteiger partial charge in [0.1, 0.15) is 0 Å². The predicted molar refractivity (Wildman–Crippen MR) is 53.1 cm³/mol. The number of hydrogen-bond donors (Lipinski definition) is 0.